The molecule has 1 fully saturated rings. The first-order valence-electron chi connectivity index (χ1n) is 13.3. The van der Waals surface area contributed by atoms with Crippen molar-refractivity contribution < 1.29 is 27.9 Å². The smallest absolute Gasteiger partial charge is 0.392 e. The second kappa shape index (κ2) is 10.0. The number of ketones is 2. The number of fused-ring (bicyclic) bond motifs is 3. The lowest BCUT2D eigenvalue weighted by Crippen LogP contribution is -2.53. The van der Waals surface area contributed by atoms with E-state index in [1.165, 1.54) is 6.92 Å². The Morgan fingerprint density at radius 1 is 1.08 bits per heavy atom. The van der Waals surface area contributed by atoms with Gasteiger partial charge in [-0.25, -0.2) is 0 Å². The fourth-order valence-corrected chi connectivity index (χ4v) is 6.64. The van der Waals surface area contributed by atoms with E-state index in [1.54, 1.807) is 30.5 Å². The second-order valence-electron chi connectivity index (χ2n) is 11.5. The van der Waals surface area contributed by atoms with Crippen molar-refractivity contribution in [3.8, 4) is 0 Å². The summed E-state index contributed by atoms with van der Waals surface area (Å²) in [6.45, 7) is 3.05. The first-order chi connectivity index (χ1) is 18.4. The van der Waals surface area contributed by atoms with Crippen LogP contribution in [0.5, 0.6) is 0 Å². The van der Waals surface area contributed by atoms with E-state index in [0.717, 1.165) is 16.8 Å². The molecule has 4 nitrogen and oxygen atoms in total. The lowest BCUT2D eigenvalue weighted by Gasteiger charge is -2.52. The molecule has 1 heterocycles. The van der Waals surface area contributed by atoms with Gasteiger partial charge in [-0.15, -0.1) is 0 Å². The highest BCUT2D eigenvalue weighted by Gasteiger charge is 2.61. The van der Waals surface area contributed by atoms with Gasteiger partial charge in [-0.2, -0.15) is 13.2 Å². The third kappa shape index (κ3) is 4.93. The molecule has 0 spiro atoms. The van der Waals surface area contributed by atoms with Crippen molar-refractivity contribution in [2.24, 2.45) is 11.3 Å². The SMILES string of the molecule is Cc1ncccc1CC(=O)c1ccc2c(c1)C(=O)CC(O)[C@@H]1C[C@@](C)(C(F)(F)F)CC[C@@]21Cc1ccccc1. The van der Waals surface area contributed by atoms with Gasteiger partial charge in [-0.1, -0.05) is 55.5 Å². The summed E-state index contributed by atoms with van der Waals surface area (Å²) in [6, 6.07) is 18.1. The van der Waals surface area contributed by atoms with Crippen LogP contribution in [-0.2, 0) is 18.3 Å². The third-order valence-electron chi connectivity index (χ3n) is 9.05. The Morgan fingerprint density at radius 3 is 2.51 bits per heavy atom. The van der Waals surface area contributed by atoms with Gasteiger partial charge >= 0.3 is 6.18 Å². The zero-order valence-electron chi connectivity index (χ0n) is 22.1. The molecule has 1 N–H and O–H groups in total. The van der Waals surface area contributed by atoms with Crippen molar-refractivity contribution in [1.29, 1.82) is 0 Å². The zero-order chi connectivity index (χ0) is 28.0. The van der Waals surface area contributed by atoms with E-state index in [2.05, 4.69) is 4.98 Å². The maximum atomic E-state index is 14.2. The number of halogens is 3. The Bertz CT molecular complexity index is 1400. The summed E-state index contributed by atoms with van der Waals surface area (Å²) < 4.78 is 42.6. The van der Waals surface area contributed by atoms with Crippen LogP contribution in [0.4, 0.5) is 13.2 Å². The van der Waals surface area contributed by atoms with Crippen molar-refractivity contribution in [2.75, 3.05) is 0 Å². The number of aliphatic hydroxyl groups excluding tert-OH is 1. The summed E-state index contributed by atoms with van der Waals surface area (Å²) in [4.78, 5) is 31.0. The molecule has 0 radical (unpaired) electrons. The van der Waals surface area contributed by atoms with E-state index in [4.69, 9.17) is 0 Å². The van der Waals surface area contributed by atoms with Crippen LogP contribution in [0.15, 0.2) is 66.9 Å². The number of nitrogens with zero attached hydrogens (tertiary/aromatic N) is 1. The van der Waals surface area contributed by atoms with E-state index in [-0.39, 0.29) is 43.7 Å². The fraction of sp³-hybridized carbons (Fsp3) is 0.406. The van der Waals surface area contributed by atoms with Gasteiger partial charge in [0.2, 0.25) is 0 Å². The fourth-order valence-electron chi connectivity index (χ4n) is 6.64. The standard InChI is InChI=1S/C32H32F3NO3/c1-20-22(9-6-14-36-20)16-27(37)23-10-11-25-24(15-23)28(38)17-29(39)26-19-30(2,32(33,34)35)12-13-31(25,26)18-21-7-4-3-5-8-21/h3-11,14-15,26,29,39H,12-13,16-19H2,1-2H3/t26-,29?,30-,31+/m0/s1. The van der Waals surface area contributed by atoms with Gasteiger partial charge in [0.05, 0.1) is 11.5 Å². The minimum Gasteiger partial charge on any atom is -0.392 e. The molecule has 0 bridgehead atoms. The predicted molar refractivity (Wildman–Crippen MR) is 142 cm³/mol. The minimum atomic E-state index is -4.43. The molecular formula is C32H32F3NO3. The molecule has 1 aromatic heterocycles. The van der Waals surface area contributed by atoms with Crippen LogP contribution < -0.4 is 0 Å². The minimum absolute atomic E-state index is 0.110. The molecule has 5 rings (SSSR count). The average Bonchev–Trinajstić information content (AvgIpc) is 2.98. The highest BCUT2D eigenvalue weighted by Crippen LogP contribution is 2.60. The van der Waals surface area contributed by atoms with Gasteiger partial charge in [0.1, 0.15) is 0 Å². The molecule has 7 heteroatoms. The summed E-state index contributed by atoms with van der Waals surface area (Å²) in [5.41, 5.74) is 0.964. The van der Waals surface area contributed by atoms with Crippen molar-refractivity contribution >= 4 is 11.6 Å². The third-order valence-corrected chi connectivity index (χ3v) is 9.05. The van der Waals surface area contributed by atoms with E-state index in [0.29, 0.717) is 23.1 Å². The van der Waals surface area contributed by atoms with Crippen LogP contribution in [0, 0.1) is 18.3 Å². The number of alkyl halides is 3. The Labute approximate surface area is 226 Å². The highest BCUT2D eigenvalue weighted by atomic mass is 19.4. The molecule has 2 aromatic carbocycles. The molecule has 0 aliphatic heterocycles. The topological polar surface area (TPSA) is 67.3 Å². The molecule has 2 aliphatic carbocycles. The van der Waals surface area contributed by atoms with E-state index in [1.807, 2.05) is 43.3 Å². The second-order valence-corrected chi connectivity index (χ2v) is 11.5. The number of carbonyl (C=O) groups is 2. The van der Waals surface area contributed by atoms with Crippen molar-refractivity contribution in [1.82, 2.24) is 4.98 Å². The van der Waals surface area contributed by atoms with Crippen LogP contribution >= 0.6 is 0 Å². The number of rotatable bonds is 5. The van der Waals surface area contributed by atoms with Crippen LogP contribution in [-0.4, -0.2) is 33.9 Å². The number of Topliss-reactive ketones (excluding diaryl/α,β-unsaturated/α-hetero) is 2. The number of carbonyl (C=O) groups excluding carboxylic acids is 2. The number of benzene rings is 2. The van der Waals surface area contributed by atoms with Crippen LogP contribution in [0.1, 0.15) is 75.7 Å². The molecular weight excluding hydrogens is 503 g/mol. The van der Waals surface area contributed by atoms with E-state index >= 15 is 0 Å². The van der Waals surface area contributed by atoms with Gasteiger partial charge in [-0.3, -0.25) is 14.6 Å². The van der Waals surface area contributed by atoms with Gasteiger partial charge in [0.25, 0.3) is 0 Å². The maximum absolute atomic E-state index is 14.2. The van der Waals surface area contributed by atoms with Crippen LogP contribution in [0.25, 0.3) is 0 Å². The summed E-state index contributed by atoms with van der Waals surface area (Å²) in [6.07, 6.45) is -3.96. The molecule has 204 valence electrons. The van der Waals surface area contributed by atoms with Gasteiger partial charge in [-0.05, 0) is 67.3 Å². The first kappa shape index (κ1) is 27.3. The van der Waals surface area contributed by atoms with Crippen LogP contribution in [0.2, 0.25) is 0 Å². The summed E-state index contributed by atoms with van der Waals surface area (Å²) in [5, 5.41) is 11.3. The van der Waals surface area contributed by atoms with Crippen molar-refractivity contribution in [2.45, 2.75) is 70.1 Å². The molecule has 2 aliphatic rings. The quantitative estimate of drug-likeness (QED) is 0.373. The number of aliphatic hydroxyl groups is 1. The Balaban J connectivity index is 1.61. The van der Waals surface area contributed by atoms with Crippen LogP contribution in [0.3, 0.4) is 0 Å². The number of hydrogen-bond donors (Lipinski definition) is 1. The van der Waals surface area contributed by atoms with E-state index < -0.39 is 29.0 Å². The molecule has 1 unspecified atom stereocenters. The monoisotopic (exact) mass is 535 g/mol. The zero-order valence-corrected chi connectivity index (χ0v) is 22.1. The molecule has 39 heavy (non-hydrogen) atoms. The molecule has 1 saturated carbocycles. The highest BCUT2D eigenvalue weighted by molar-refractivity contribution is 6.03. The summed E-state index contributed by atoms with van der Waals surface area (Å²) >= 11 is 0. The molecule has 3 aromatic rings. The number of aromatic nitrogens is 1. The lowest BCUT2D eigenvalue weighted by molar-refractivity contribution is -0.241. The first-order valence-corrected chi connectivity index (χ1v) is 13.3. The Hall–Kier alpha value is -3.32. The number of hydrogen-bond acceptors (Lipinski definition) is 4. The van der Waals surface area contributed by atoms with Gasteiger partial charge in [0, 0.05) is 41.3 Å². The largest absolute Gasteiger partial charge is 0.394 e. The predicted octanol–water partition coefficient (Wildman–Crippen LogP) is 6.61. The molecule has 4 atom stereocenters. The maximum Gasteiger partial charge on any atom is 0.394 e. The van der Waals surface area contributed by atoms with Gasteiger partial charge < -0.3 is 5.11 Å². The average molecular weight is 536 g/mol. The Morgan fingerprint density at radius 2 is 1.82 bits per heavy atom. The van der Waals surface area contributed by atoms with Crippen molar-refractivity contribution in [3.05, 3.63) is 100 Å². The van der Waals surface area contributed by atoms with E-state index in [9.17, 15) is 27.9 Å². The lowest BCUT2D eigenvalue weighted by atomic mass is 9.53. The number of pyridine rings is 1. The number of aryl methyl sites for hydroxylation is 1. The Kier molecular flexibility index (Phi) is 7.00. The normalized spacial score (nSPS) is 26.9. The molecule has 0 saturated heterocycles. The van der Waals surface area contributed by atoms with Gasteiger partial charge in [0.15, 0.2) is 11.6 Å². The summed E-state index contributed by atoms with van der Waals surface area (Å²) in [5.74, 6) is -1.29. The molecule has 0 amide bonds. The summed E-state index contributed by atoms with van der Waals surface area (Å²) in [7, 11) is 0. The van der Waals surface area contributed by atoms with Crippen molar-refractivity contribution in [3.63, 3.8) is 0 Å².